The number of rotatable bonds is 5. The molecule has 122 valence electrons. The fourth-order valence-corrected chi connectivity index (χ4v) is 2.41. The van der Waals surface area contributed by atoms with E-state index in [-0.39, 0.29) is 5.97 Å². The molecule has 0 aliphatic carbocycles. The van der Waals surface area contributed by atoms with Crippen LogP contribution in [0.25, 0.3) is 11.1 Å². The highest BCUT2D eigenvalue weighted by Gasteiger charge is 2.26. The summed E-state index contributed by atoms with van der Waals surface area (Å²) in [6.45, 7) is 5.51. The van der Waals surface area contributed by atoms with Crippen molar-refractivity contribution >= 4 is 5.97 Å². The molecular weight excluding hydrogens is 290 g/mol. The lowest BCUT2D eigenvalue weighted by molar-refractivity contribution is 0.0515. The van der Waals surface area contributed by atoms with Crippen LogP contribution in [0.2, 0.25) is 0 Å². The Morgan fingerprint density at radius 3 is 2.35 bits per heavy atom. The maximum absolute atomic E-state index is 11.7. The van der Waals surface area contributed by atoms with Gasteiger partial charge in [0.2, 0.25) is 0 Å². The number of nitrogens with two attached hydrogens (primary N) is 1. The summed E-state index contributed by atoms with van der Waals surface area (Å²) in [7, 11) is 0. The second-order valence-corrected chi connectivity index (χ2v) is 6.02. The molecule has 0 saturated heterocycles. The first-order valence-corrected chi connectivity index (χ1v) is 7.69. The van der Waals surface area contributed by atoms with Gasteiger partial charge in [-0.3, -0.25) is 0 Å². The van der Waals surface area contributed by atoms with E-state index >= 15 is 0 Å². The Hall–Kier alpha value is -2.17. The Morgan fingerprint density at radius 2 is 1.78 bits per heavy atom. The van der Waals surface area contributed by atoms with Crippen molar-refractivity contribution in [3.8, 4) is 11.1 Å². The van der Waals surface area contributed by atoms with Crippen LogP contribution in [0.1, 0.15) is 42.7 Å². The van der Waals surface area contributed by atoms with Gasteiger partial charge in [-0.2, -0.15) is 0 Å². The molecule has 0 aromatic heterocycles. The molecule has 3 N–H and O–H groups in total. The Labute approximate surface area is 136 Å². The van der Waals surface area contributed by atoms with Crippen molar-refractivity contribution in [1.82, 2.24) is 0 Å². The average molecular weight is 313 g/mol. The lowest BCUT2D eigenvalue weighted by atomic mass is 9.87. The van der Waals surface area contributed by atoms with Crippen molar-refractivity contribution in [3.63, 3.8) is 0 Å². The van der Waals surface area contributed by atoms with Crippen molar-refractivity contribution in [2.24, 2.45) is 5.73 Å². The summed E-state index contributed by atoms with van der Waals surface area (Å²) < 4.78 is 4.99. The first kappa shape index (κ1) is 17.2. The van der Waals surface area contributed by atoms with E-state index in [0.717, 1.165) is 16.7 Å². The second-order valence-electron chi connectivity index (χ2n) is 6.02. The van der Waals surface area contributed by atoms with Crippen molar-refractivity contribution in [1.29, 1.82) is 0 Å². The maximum Gasteiger partial charge on any atom is 0.338 e. The van der Waals surface area contributed by atoms with Crippen LogP contribution >= 0.6 is 0 Å². The summed E-state index contributed by atoms with van der Waals surface area (Å²) >= 11 is 0. The zero-order chi connectivity index (χ0) is 17.0. The molecule has 2 aromatic carbocycles. The number of hydrogen-bond donors (Lipinski definition) is 2. The van der Waals surface area contributed by atoms with E-state index in [1.54, 1.807) is 32.9 Å². The predicted octanol–water partition coefficient (Wildman–Crippen LogP) is 3.30. The molecule has 4 nitrogen and oxygen atoms in total. The molecule has 0 saturated carbocycles. The highest BCUT2D eigenvalue weighted by molar-refractivity contribution is 5.90. The SMILES string of the molecule is CCOC(=O)c1ccc(-c2ccccc2[C@@H](N)C(C)(C)O)cc1. The average Bonchev–Trinajstić information content (AvgIpc) is 2.53. The fraction of sp³-hybridized carbons (Fsp3) is 0.316. The van der Waals surface area contributed by atoms with Gasteiger partial charge in [0.05, 0.1) is 23.8 Å². The molecule has 0 heterocycles. The molecule has 0 bridgehead atoms. The molecule has 0 aliphatic rings. The minimum absolute atomic E-state index is 0.333. The molecular formula is C19H23NO3. The van der Waals surface area contributed by atoms with Crippen LogP contribution in [0.15, 0.2) is 48.5 Å². The Bertz CT molecular complexity index is 672. The van der Waals surface area contributed by atoms with E-state index in [2.05, 4.69) is 0 Å². The van der Waals surface area contributed by atoms with Crippen LogP contribution in [0.3, 0.4) is 0 Å². The van der Waals surface area contributed by atoms with Gasteiger partial charge < -0.3 is 15.6 Å². The Morgan fingerprint density at radius 1 is 1.17 bits per heavy atom. The maximum atomic E-state index is 11.7. The lowest BCUT2D eigenvalue weighted by Gasteiger charge is -2.28. The van der Waals surface area contributed by atoms with Gasteiger partial charge in [0.25, 0.3) is 0 Å². The number of esters is 1. The molecule has 1 atom stereocenters. The van der Waals surface area contributed by atoms with Crippen LogP contribution < -0.4 is 5.73 Å². The minimum atomic E-state index is -1.03. The van der Waals surface area contributed by atoms with E-state index in [0.29, 0.717) is 12.2 Å². The Kier molecular flexibility index (Phi) is 5.19. The highest BCUT2D eigenvalue weighted by Crippen LogP contribution is 2.32. The van der Waals surface area contributed by atoms with Crippen LogP contribution in [-0.2, 0) is 4.74 Å². The van der Waals surface area contributed by atoms with Crippen LogP contribution in [-0.4, -0.2) is 23.3 Å². The van der Waals surface area contributed by atoms with Crippen molar-refractivity contribution in [3.05, 3.63) is 59.7 Å². The Balaban J connectivity index is 2.38. The summed E-state index contributed by atoms with van der Waals surface area (Å²) in [6, 6.07) is 14.4. The normalized spacial score (nSPS) is 12.7. The summed E-state index contributed by atoms with van der Waals surface area (Å²) in [5.41, 5.74) is 8.44. The van der Waals surface area contributed by atoms with E-state index in [1.807, 2.05) is 36.4 Å². The van der Waals surface area contributed by atoms with Gasteiger partial charge in [0.1, 0.15) is 0 Å². The minimum Gasteiger partial charge on any atom is -0.462 e. The summed E-state index contributed by atoms with van der Waals surface area (Å²) in [5.74, 6) is -0.333. The van der Waals surface area contributed by atoms with E-state index in [4.69, 9.17) is 10.5 Å². The first-order chi connectivity index (χ1) is 10.8. The van der Waals surface area contributed by atoms with Crippen molar-refractivity contribution < 1.29 is 14.6 Å². The predicted molar refractivity (Wildman–Crippen MR) is 91.1 cm³/mol. The molecule has 0 radical (unpaired) electrons. The third-order valence-electron chi connectivity index (χ3n) is 3.76. The fourth-order valence-electron chi connectivity index (χ4n) is 2.41. The molecule has 2 rings (SSSR count). The highest BCUT2D eigenvalue weighted by atomic mass is 16.5. The van der Waals surface area contributed by atoms with E-state index in [1.165, 1.54) is 0 Å². The smallest absolute Gasteiger partial charge is 0.338 e. The molecule has 0 aliphatic heterocycles. The number of carbonyl (C=O) groups is 1. The first-order valence-electron chi connectivity index (χ1n) is 7.69. The lowest BCUT2D eigenvalue weighted by Crippen LogP contribution is -2.35. The van der Waals surface area contributed by atoms with E-state index in [9.17, 15) is 9.90 Å². The van der Waals surface area contributed by atoms with Crippen molar-refractivity contribution in [2.75, 3.05) is 6.61 Å². The largest absolute Gasteiger partial charge is 0.462 e. The molecule has 0 fully saturated rings. The molecule has 0 unspecified atom stereocenters. The van der Waals surface area contributed by atoms with Crippen LogP contribution in [0.5, 0.6) is 0 Å². The quantitative estimate of drug-likeness (QED) is 0.831. The topological polar surface area (TPSA) is 72.5 Å². The van der Waals surface area contributed by atoms with Gasteiger partial charge in [0, 0.05) is 0 Å². The van der Waals surface area contributed by atoms with Crippen LogP contribution in [0.4, 0.5) is 0 Å². The summed E-state index contributed by atoms with van der Waals surface area (Å²) in [6.07, 6.45) is 0. The van der Waals surface area contributed by atoms with Gasteiger partial charge >= 0.3 is 5.97 Å². The number of hydrogen-bond acceptors (Lipinski definition) is 4. The zero-order valence-corrected chi connectivity index (χ0v) is 13.7. The number of benzene rings is 2. The van der Waals surface area contributed by atoms with Gasteiger partial charge in [-0.05, 0) is 49.6 Å². The van der Waals surface area contributed by atoms with Crippen molar-refractivity contribution in [2.45, 2.75) is 32.4 Å². The van der Waals surface area contributed by atoms with Gasteiger partial charge in [-0.15, -0.1) is 0 Å². The number of ether oxygens (including phenoxy) is 1. The molecule has 0 amide bonds. The van der Waals surface area contributed by atoms with Gasteiger partial charge in [-0.1, -0.05) is 36.4 Å². The van der Waals surface area contributed by atoms with Gasteiger partial charge in [-0.25, -0.2) is 4.79 Å². The van der Waals surface area contributed by atoms with Crippen LogP contribution in [0, 0.1) is 0 Å². The monoisotopic (exact) mass is 313 g/mol. The van der Waals surface area contributed by atoms with Gasteiger partial charge in [0.15, 0.2) is 0 Å². The molecule has 4 heteroatoms. The molecule has 23 heavy (non-hydrogen) atoms. The number of carbonyl (C=O) groups excluding carboxylic acids is 1. The third-order valence-corrected chi connectivity index (χ3v) is 3.76. The third kappa shape index (κ3) is 3.97. The summed E-state index contributed by atoms with van der Waals surface area (Å²) in [5, 5.41) is 10.2. The standard InChI is InChI=1S/C19H23NO3/c1-4-23-18(21)14-11-9-13(10-12-14)15-7-5-6-8-16(15)17(20)19(2,3)22/h5-12,17,22H,4,20H2,1-3H3/t17-/m1/s1. The van der Waals surface area contributed by atoms with E-state index < -0.39 is 11.6 Å². The second kappa shape index (κ2) is 6.94. The number of aliphatic hydroxyl groups is 1. The summed E-state index contributed by atoms with van der Waals surface area (Å²) in [4.78, 5) is 11.7. The zero-order valence-electron chi connectivity index (χ0n) is 13.7. The molecule has 0 spiro atoms. The molecule has 2 aromatic rings.